The molecular formula is C9H15NO3. The van der Waals surface area contributed by atoms with Gasteiger partial charge in [-0.1, -0.05) is 0 Å². The minimum absolute atomic E-state index is 0.396. The van der Waals surface area contributed by atoms with Crippen LogP contribution in [-0.2, 0) is 9.59 Å². The average molecular weight is 185 g/mol. The molecule has 4 heteroatoms. The SMILES string of the molecule is CC(C)(C(=O)O)C(=O)NCC1CC1. The second-order valence-electron chi connectivity index (χ2n) is 4.08. The van der Waals surface area contributed by atoms with E-state index in [9.17, 15) is 9.59 Å². The smallest absolute Gasteiger partial charge is 0.318 e. The van der Waals surface area contributed by atoms with Crippen LogP contribution in [-0.4, -0.2) is 23.5 Å². The Hall–Kier alpha value is -1.06. The molecule has 0 saturated heterocycles. The van der Waals surface area contributed by atoms with Gasteiger partial charge in [0.25, 0.3) is 0 Å². The van der Waals surface area contributed by atoms with E-state index in [4.69, 9.17) is 5.11 Å². The van der Waals surface area contributed by atoms with Gasteiger partial charge in [-0.2, -0.15) is 0 Å². The Labute approximate surface area is 77.3 Å². The monoisotopic (exact) mass is 185 g/mol. The fourth-order valence-electron chi connectivity index (χ4n) is 0.877. The summed E-state index contributed by atoms with van der Waals surface area (Å²) in [6.07, 6.45) is 2.29. The minimum Gasteiger partial charge on any atom is -0.480 e. The molecule has 0 bridgehead atoms. The molecule has 74 valence electrons. The van der Waals surface area contributed by atoms with Crippen LogP contribution in [0.5, 0.6) is 0 Å². The molecule has 0 aromatic carbocycles. The molecule has 0 spiro atoms. The van der Waals surface area contributed by atoms with Crippen LogP contribution in [0.3, 0.4) is 0 Å². The topological polar surface area (TPSA) is 66.4 Å². The maximum atomic E-state index is 11.3. The van der Waals surface area contributed by atoms with E-state index in [1.165, 1.54) is 13.8 Å². The summed E-state index contributed by atoms with van der Waals surface area (Å²) in [7, 11) is 0. The molecule has 1 fully saturated rings. The highest BCUT2D eigenvalue weighted by atomic mass is 16.4. The molecule has 1 rings (SSSR count). The summed E-state index contributed by atoms with van der Waals surface area (Å²) >= 11 is 0. The Bertz CT molecular complexity index is 231. The van der Waals surface area contributed by atoms with Crippen LogP contribution in [0.15, 0.2) is 0 Å². The van der Waals surface area contributed by atoms with Crippen molar-refractivity contribution in [2.45, 2.75) is 26.7 Å². The summed E-state index contributed by atoms with van der Waals surface area (Å²) in [6, 6.07) is 0. The first kappa shape index (κ1) is 10.0. The maximum Gasteiger partial charge on any atom is 0.318 e. The molecule has 0 aliphatic heterocycles. The van der Waals surface area contributed by atoms with Crippen LogP contribution in [0.2, 0.25) is 0 Å². The molecule has 0 unspecified atom stereocenters. The first-order valence-corrected chi connectivity index (χ1v) is 4.46. The second-order valence-corrected chi connectivity index (χ2v) is 4.08. The second kappa shape index (κ2) is 3.36. The van der Waals surface area contributed by atoms with Gasteiger partial charge in [0, 0.05) is 6.54 Å². The Balaban J connectivity index is 2.39. The highest BCUT2D eigenvalue weighted by Crippen LogP contribution is 2.28. The van der Waals surface area contributed by atoms with E-state index >= 15 is 0 Å². The molecule has 1 aliphatic carbocycles. The number of amides is 1. The molecule has 0 atom stereocenters. The van der Waals surface area contributed by atoms with Gasteiger partial charge in [0.2, 0.25) is 5.91 Å². The lowest BCUT2D eigenvalue weighted by Crippen LogP contribution is -2.42. The van der Waals surface area contributed by atoms with Gasteiger partial charge in [0.05, 0.1) is 0 Å². The fourth-order valence-corrected chi connectivity index (χ4v) is 0.877. The molecule has 1 amide bonds. The number of hydrogen-bond acceptors (Lipinski definition) is 2. The number of aliphatic carboxylic acids is 1. The number of rotatable bonds is 4. The summed E-state index contributed by atoms with van der Waals surface area (Å²) in [5.74, 6) is -0.902. The van der Waals surface area contributed by atoms with Gasteiger partial charge >= 0.3 is 5.97 Å². The minimum atomic E-state index is -1.31. The molecule has 0 heterocycles. The zero-order valence-corrected chi connectivity index (χ0v) is 7.96. The van der Waals surface area contributed by atoms with Crippen molar-refractivity contribution in [3.63, 3.8) is 0 Å². The lowest BCUT2D eigenvalue weighted by atomic mass is 9.93. The number of nitrogens with one attached hydrogen (secondary N) is 1. The van der Waals surface area contributed by atoms with E-state index in [0.29, 0.717) is 12.5 Å². The molecule has 4 nitrogen and oxygen atoms in total. The molecule has 0 radical (unpaired) electrons. The lowest BCUT2D eigenvalue weighted by molar-refractivity contribution is -0.153. The van der Waals surface area contributed by atoms with Crippen molar-refractivity contribution < 1.29 is 14.7 Å². The molecule has 1 saturated carbocycles. The van der Waals surface area contributed by atoms with E-state index in [0.717, 1.165) is 12.8 Å². The highest BCUT2D eigenvalue weighted by Gasteiger charge is 2.36. The maximum absolute atomic E-state index is 11.3. The number of carboxylic acids is 1. The summed E-state index contributed by atoms with van der Waals surface area (Å²) in [4.78, 5) is 22.0. The molecule has 0 aromatic heterocycles. The molecular weight excluding hydrogens is 170 g/mol. The average Bonchev–Trinajstić information content (AvgIpc) is 2.82. The largest absolute Gasteiger partial charge is 0.480 e. The van der Waals surface area contributed by atoms with Crippen molar-refractivity contribution in [3.8, 4) is 0 Å². The summed E-state index contributed by atoms with van der Waals surface area (Å²) in [6.45, 7) is 3.45. The van der Waals surface area contributed by atoms with Crippen LogP contribution in [0.4, 0.5) is 0 Å². The number of carbonyl (C=O) groups is 2. The normalized spacial score (nSPS) is 16.8. The lowest BCUT2D eigenvalue weighted by Gasteiger charge is -2.17. The van der Waals surface area contributed by atoms with Gasteiger partial charge in [-0.25, -0.2) is 0 Å². The fraction of sp³-hybridized carbons (Fsp3) is 0.778. The number of hydrogen-bond donors (Lipinski definition) is 2. The van der Waals surface area contributed by atoms with Crippen LogP contribution in [0, 0.1) is 11.3 Å². The zero-order valence-electron chi connectivity index (χ0n) is 7.96. The van der Waals surface area contributed by atoms with Crippen molar-refractivity contribution in [1.29, 1.82) is 0 Å². The summed E-state index contributed by atoms with van der Waals surface area (Å²) in [5.41, 5.74) is -1.31. The first-order valence-electron chi connectivity index (χ1n) is 4.46. The predicted octanol–water partition coefficient (Wildman–Crippen LogP) is 0.623. The van der Waals surface area contributed by atoms with E-state index < -0.39 is 17.3 Å². The Morgan fingerprint density at radius 3 is 2.38 bits per heavy atom. The highest BCUT2D eigenvalue weighted by molar-refractivity contribution is 6.00. The molecule has 2 N–H and O–H groups in total. The van der Waals surface area contributed by atoms with Gasteiger partial charge < -0.3 is 10.4 Å². The van der Waals surface area contributed by atoms with Crippen LogP contribution in [0.25, 0.3) is 0 Å². The van der Waals surface area contributed by atoms with Gasteiger partial charge in [-0.15, -0.1) is 0 Å². The van der Waals surface area contributed by atoms with Crippen LogP contribution < -0.4 is 5.32 Å². The van der Waals surface area contributed by atoms with Crippen molar-refractivity contribution in [2.75, 3.05) is 6.54 Å². The predicted molar refractivity (Wildman–Crippen MR) is 47.2 cm³/mol. The van der Waals surface area contributed by atoms with Crippen molar-refractivity contribution >= 4 is 11.9 Å². The quantitative estimate of drug-likeness (QED) is 0.631. The van der Waals surface area contributed by atoms with E-state index in [1.54, 1.807) is 0 Å². The van der Waals surface area contributed by atoms with E-state index in [1.807, 2.05) is 0 Å². The summed E-state index contributed by atoms with van der Waals surface area (Å²) < 4.78 is 0. The van der Waals surface area contributed by atoms with Crippen molar-refractivity contribution in [1.82, 2.24) is 5.32 Å². The third-order valence-corrected chi connectivity index (χ3v) is 2.35. The van der Waals surface area contributed by atoms with Gasteiger partial charge in [0.1, 0.15) is 5.41 Å². The Kier molecular flexibility index (Phi) is 2.59. The Morgan fingerprint density at radius 1 is 1.46 bits per heavy atom. The van der Waals surface area contributed by atoms with E-state index in [2.05, 4.69) is 5.32 Å². The standard InChI is InChI=1S/C9H15NO3/c1-9(2,8(12)13)7(11)10-5-6-3-4-6/h6H,3-5H2,1-2H3,(H,10,11)(H,12,13). The van der Waals surface area contributed by atoms with Gasteiger partial charge in [0.15, 0.2) is 0 Å². The van der Waals surface area contributed by atoms with Gasteiger partial charge in [-0.05, 0) is 32.6 Å². The van der Waals surface area contributed by atoms with E-state index in [-0.39, 0.29) is 0 Å². The zero-order chi connectivity index (χ0) is 10.1. The molecule has 0 aromatic rings. The third-order valence-electron chi connectivity index (χ3n) is 2.35. The Morgan fingerprint density at radius 2 is 2.00 bits per heavy atom. The molecule has 1 aliphatic rings. The van der Waals surface area contributed by atoms with Crippen LogP contribution in [0.1, 0.15) is 26.7 Å². The summed E-state index contributed by atoms with van der Waals surface area (Å²) in [5, 5.41) is 11.4. The molecule has 13 heavy (non-hydrogen) atoms. The van der Waals surface area contributed by atoms with Crippen LogP contribution >= 0.6 is 0 Å². The number of carbonyl (C=O) groups excluding carboxylic acids is 1. The van der Waals surface area contributed by atoms with Gasteiger partial charge in [-0.3, -0.25) is 9.59 Å². The number of carboxylic acid groups (broad SMARTS) is 1. The first-order chi connectivity index (χ1) is 5.94. The third kappa shape index (κ3) is 2.44. The van der Waals surface area contributed by atoms with Crippen molar-refractivity contribution in [3.05, 3.63) is 0 Å². The van der Waals surface area contributed by atoms with Crippen molar-refractivity contribution in [2.24, 2.45) is 11.3 Å².